The number of aldehydes is 1. The number of hydrogen-bond donors (Lipinski definition) is 0. The zero-order valence-electron chi connectivity index (χ0n) is 13.2. The standard InChI is InChI=1S/C16H21NO6/c1-20-16(19)11-17-4-5-21-6-7-22-8-9-23-15-3-2-13(12-18)10-14(15)17/h2-3,10,12H,4-9,11H2,1H3. The fraction of sp³-hybridized carbons (Fsp3) is 0.500. The molecule has 0 fully saturated rings. The Balaban J connectivity index is 2.29. The lowest BCUT2D eigenvalue weighted by Crippen LogP contribution is -2.34. The largest absolute Gasteiger partial charge is 0.489 e. The zero-order valence-corrected chi connectivity index (χ0v) is 13.2. The molecule has 2 rings (SSSR count). The maximum absolute atomic E-state index is 11.7. The minimum atomic E-state index is -0.372. The van der Waals surface area contributed by atoms with E-state index < -0.39 is 0 Å². The van der Waals surface area contributed by atoms with E-state index in [1.54, 1.807) is 23.1 Å². The second-order valence-corrected chi connectivity index (χ2v) is 4.92. The summed E-state index contributed by atoms with van der Waals surface area (Å²) in [6.45, 7) is 2.73. The van der Waals surface area contributed by atoms with Crippen molar-refractivity contribution in [1.82, 2.24) is 0 Å². The van der Waals surface area contributed by atoms with Gasteiger partial charge in [0.1, 0.15) is 25.2 Å². The molecule has 1 aliphatic heterocycles. The molecule has 1 aromatic rings. The average molecular weight is 323 g/mol. The van der Waals surface area contributed by atoms with E-state index in [-0.39, 0.29) is 12.5 Å². The molecular formula is C16H21NO6. The lowest BCUT2D eigenvalue weighted by molar-refractivity contribution is -0.139. The van der Waals surface area contributed by atoms with E-state index in [0.29, 0.717) is 56.6 Å². The van der Waals surface area contributed by atoms with Gasteiger partial charge in [0.05, 0.1) is 39.2 Å². The first-order valence-corrected chi connectivity index (χ1v) is 7.44. The molecule has 0 amide bonds. The van der Waals surface area contributed by atoms with Crippen molar-refractivity contribution in [2.45, 2.75) is 0 Å². The monoisotopic (exact) mass is 323 g/mol. The normalized spacial score (nSPS) is 16.3. The van der Waals surface area contributed by atoms with Crippen molar-refractivity contribution in [3.63, 3.8) is 0 Å². The first-order chi connectivity index (χ1) is 11.2. The molecule has 0 bridgehead atoms. The van der Waals surface area contributed by atoms with Gasteiger partial charge in [0, 0.05) is 12.1 Å². The number of benzene rings is 1. The quantitative estimate of drug-likeness (QED) is 0.604. The van der Waals surface area contributed by atoms with Gasteiger partial charge in [-0.15, -0.1) is 0 Å². The first kappa shape index (κ1) is 17.2. The molecule has 23 heavy (non-hydrogen) atoms. The summed E-state index contributed by atoms with van der Waals surface area (Å²) in [6.07, 6.45) is 0.756. The highest BCUT2D eigenvalue weighted by Gasteiger charge is 2.17. The van der Waals surface area contributed by atoms with Crippen LogP contribution in [0.4, 0.5) is 5.69 Å². The SMILES string of the molecule is COC(=O)CN1CCOCCOCCOc2ccc(C=O)cc21. The Morgan fingerprint density at radius 3 is 2.70 bits per heavy atom. The van der Waals surface area contributed by atoms with E-state index in [1.807, 2.05) is 0 Å². The number of methoxy groups -OCH3 is 1. The van der Waals surface area contributed by atoms with Gasteiger partial charge in [0.15, 0.2) is 0 Å². The van der Waals surface area contributed by atoms with Crippen LogP contribution in [-0.2, 0) is 19.0 Å². The van der Waals surface area contributed by atoms with Crippen LogP contribution < -0.4 is 9.64 Å². The molecule has 126 valence electrons. The van der Waals surface area contributed by atoms with Crippen molar-refractivity contribution in [3.8, 4) is 5.75 Å². The summed E-state index contributed by atoms with van der Waals surface area (Å²) in [6, 6.07) is 5.08. The van der Waals surface area contributed by atoms with Gasteiger partial charge < -0.3 is 23.8 Å². The highest BCUT2D eigenvalue weighted by molar-refractivity contribution is 5.81. The van der Waals surface area contributed by atoms with Gasteiger partial charge in [-0.25, -0.2) is 0 Å². The Kier molecular flexibility index (Phi) is 6.83. The summed E-state index contributed by atoms with van der Waals surface area (Å²) in [4.78, 5) is 24.5. The van der Waals surface area contributed by atoms with E-state index >= 15 is 0 Å². The number of fused-ring (bicyclic) bond motifs is 1. The van der Waals surface area contributed by atoms with Crippen molar-refractivity contribution in [2.24, 2.45) is 0 Å². The number of carbonyl (C=O) groups excluding carboxylic acids is 2. The molecule has 0 unspecified atom stereocenters. The third-order valence-corrected chi connectivity index (χ3v) is 3.37. The van der Waals surface area contributed by atoms with Crippen LogP contribution in [0, 0.1) is 0 Å². The second-order valence-electron chi connectivity index (χ2n) is 4.92. The van der Waals surface area contributed by atoms with E-state index in [1.165, 1.54) is 7.11 Å². The molecule has 0 spiro atoms. The van der Waals surface area contributed by atoms with Crippen LogP contribution in [0.15, 0.2) is 18.2 Å². The Bertz CT molecular complexity index is 533. The van der Waals surface area contributed by atoms with Crippen LogP contribution >= 0.6 is 0 Å². The molecule has 1 aromatic carbocycles. The lowest BCUT2D eigenvalue weighted by Gasteiger charge is -2.26. The van der Waals surface area contributed by atoms with Gasteiger partial charge in [-0.2, -0.15) is 0 Å². The van der Waals surface area contributed by atoms with Crippen LogP contribution in [0.1, 0.15) is 10.4 Å². The number of anilines is 1. The van der Waals surface area contributed by atoms with Gasteiger partial charge in [0.2, 0.25) is 0 Å². The topological polar surface area (TPSA) is 74.3 Å². The average Bonchev–Trinajstić information content (AvgIpc) is 2.57. The highest BCUT2D eigenvalue weighted by Crippen LogP contribution is 2.29. The third kappa shape index (κ3) is 5.22. The smallest absolute Gasteiger partial charge is 0.325 e. The summed E-state index contributed by atoms with van der Waals surface area (Å²) in [7, 11) is 1.34. The molecule has 7 nitrogen and oxygen atoms in total. The molecule has 0 radical (unpaired) electrons. The highest BCUT2D eigenvalue weighted by atomic mass is 16.5. The molecule has 1 heterocycles. The Morgan fingerprint density at radius 1 is 1.22 bits per heavy atom. The van der Waals surface area contributed by atoms with Gasteiger partial charge in [-0.05, 0) is 18.2 Å². The lowest BCUT2D eigenvalue weighted by atomic mass is 10.2. The minimum Gasteiger partial charge on any atom is -0.489 e. The van der Waals surface area contributed by atoms with Gasteiger partial charge in [-0.1, -0.05) is 0 Å². The molecule has 0 aromatic heterocycles. The number of carbonyl (C=O) groups is 2. The molecule has 7 heteroatoms. The fourth-order valence-corrected chi connectivity index (χ4v) is 2.19. The van der Waals surface area contributed by atoms with Gasteiger partial charge >= 0.3 is 5.97 Å². The molecular weight excluding hydrogens is 302 g/mol. The van der Waals surface area contributed by atoms with Crippen molar-refractivity contribution < 1.29 is 28.5 Å². The third-order valence-electron chi connectivity index (χ3n) is 3.37. The van der Waals surface area contributed by atoms with Crippen molar-refractivity contribution in [3.05, 3.63) is 23.8 Å². The van der Waals surface area contributed by atoms with E-state index in [0.717, 1.165) is 6.29 Å². The summed E-state index contributed by atoms with van der Waals surface area (Å²) >= 11 is 0. The van der Waals surface area contributed by atoms with E-state index in [2.05, 4.69) is 0 Å². The Labute approximate surface area is 135 Å². The van der Waals surface area contributed by atoms with Crippen molar-refractivity contribution in [2.75, 3.05) is 58.1 Å². The van der Waals surface area contributed by atoms with E-state index in [9.17, 15) is 9.59 Å². The van der Waals surface area contributed by atoms with Crippen LogP contribution in [-0.4, -0.2) is 65.5 Å². The molecule has 1 aliphatic rings. The predicted molar refractivity (Wildman–Crippen MR) is 83.2 cm³/mol. The van der Waals surface area contributed by atoms with Crippen molar-refractivity contribution in [1.29, 1.82) is 0 Å². The van der Waals surface area contributed by atoms with Gasteiger partial charge in [0.25, 0.3) is 0 Å². The molecule has 0 saturated carbocycles. The maximum Gasteiger partial charge on any atom is 0.325 e. The summed E-state index contributed by atoms with van der Waals surface area (Å²) in [5.74, 6) is 0.214. The van der Waals surface area contributed by atoms with Crippen LogP contribution in [0.25, 0.3) is 0 Å². The summed E-state index contributed by atoms with van der Waals surface area (Å²) in [5, 5.41) is 0. The number of rotatable bonds is 3. The predicted octanol–water partition coefficient (Wildman–Crippen LogP) is 0.904. The first-order valence-electron chi connectivity index (χ1n) is 7.44. The van der Waals surface area contributed by atoms with Gasteiger partial charge in [-0.3, -0.25) is 9.59 Å². The molecule has 0 saturated heterocycles. The molecule has 0 aliphatic carbocycles. The van der Waals surface area contributed by atoms with Crippen LogP contribution in [0.2, 0.25) is 0 Å². The van der Waals surface area contributed by atoms with Crippen LogP contribution in [0.3, 0.4) is 0 Å². The summed E-state index contributed by atoms with van der Waals surface area (Å²) in [5.41, 5.74) is 1.16. The van der Waals surface area contributed by atoms with E-state index in [4.69, 9.17) is 18.9 Å². The number of nitrogens with zero attached hydrogens (tertiary/aromatic N) is 1. The fourth-order valence-electron chi connectivity index (χ4n) is 2.19. The molecule has 0 N–H and O–H groups in total. The number of ether oxygens (including phenoxy) is 4. The summed E-state index contributed by atoms with van der Waals surface area (Å²) < 4.78 is 21.4. The molecule has 0 atom stereocenters. The minimum absolute atomic E-state index is 0.0506. The number of hydrogen-bond acceptors (Lipinski definition) is 7. The van der Waals surface area contributed by atoms with Crippen LogP contribution in [0.5, 0.6) is 5.75 Å². The van der Waals surface area contributed by atoms with Crippen molar-refractivity contribution >= 4 is 17.9 Å². The Hall–Kier alpha value is -2.12. The second kappa shape index (κ2) is 9.12. The number of esters is 1. The Morgan fingerprint density at radius 2 is 1.96 bits per heavy atom. The zero-order chi connectivity index (χ0) is 16.5. The maximum atomic E-state index is 11.7.